The molecule has 0 aliphatic carbocycles. The predicted molar refractivity (Wildman–Crippen MR) is 148 cm³/mol. The van der Waals surface area contributed by atoms with Crippen LogP contribution in [0.5, 0.6) is 0 Å². The average Bonchev–Trinajstić information content (AvgIpc) is 3.47. The maximum absolute atomic E-state index is 5.24. The van der Waals surface area contributed by atoms with Crippen molar-refractivity contribution in [1.82, 2.24) is 14.4 Å². The second-order valence-corrected chi connectivity index (χ2v) is 9.47. The number of fused-ring (bicyclic) bond motifs is 3. The van der Waals surface area contributed by atoms with Crippen molar-refractivity contribution in [2.24, 2.45) is 0 Å². The SMILES string of the molecule is c1ccc(-c2nc(N3c4cccc5c6cccc7c8cccc3c8n(c45)c67)nc3ccccc23)cc1. The zero-order chi connectivity index (χ0) is 23.4. The molecule has 0 spiro atoms. The first-order valence-electron chi connectivity index (χ1n) is 12.2. The summed E-state index contributed by atoms with van der Waals surface area (Å²) in [6.07, 6.45) is 0. The number of hydrogen-bond acceptors (Lipinski definition) is 3. The van der Waals surface area contributed by atoms with Crippen LogP contribution in [0.15, 0.2) is 109 Å². The predicted octanol–water partition coefficient (Wildman–Crippen LogP) is 8.23. The van der Waals surface area contributed by atoms with Gasteiger partial charge in [0.15, 0.2) is 0 Å². The zero-order valence-electron chi connectivity index (χ0n) is 19.2. The molecular weight excluding hydrogens is 440 g/mol. The van der Waals surface area contributed by atoms with E-state index >= 15 is 0 Å². The first-order chi connectivity index (χ1) is 17.9. The molecule has 0 N–H and O–H groups in total. The number of para-hydroxylation sites is 4. The second-order valence-electron chi connectivity index (χ2n) is 9.47. The summed E-state index contributed by atoms with van der Waals surface area (Å²) in [6, 6.07) is 38.5. The van der Waals surface area contributed by atoms with Crippen molar-refractivity contribution < 1.29 is 0 Å². The maximum Gasteiger partial charge on any atom is 0.235 e. The first kappa shape index (κ1) is 18.4. The fourth-order valence-electron chi connectivity index (χ4n) is 6.21. The highest BCUT2D eigenvalue weighted by molar-refractivity contribution is 6.28. The Balaban J connectivity index is 1.45. The van der Waals surface area contributed by atoms with Crippen molar-refractivity contribution >= 4 is 66.3 Å². The minimum absolute atomic E-state index is 0.689. The van der Waals surface area contributed by atoms with Crippen LogP contribution in [-0.4, -0.2) is 14.4 Å². The van der Waals surface area contributed by atoms with Crippen molar-refractivity contribution in [2.75, 3.05) is 4.90 Å². The van der Waals surface area contributed by atoms with Gasteiger partial charge in [0.05, 0.1) is 39.1 Å². The molecule has 0 radical (unpaired) electrons. The Morgan fingerprint density at radius 1 is 0.444 bits per heavy atom. The van der Waals surface area contributed by atoms with Gasteiger partial charge in [-0.2, -0.15) is 0 Å². The molecule has 8 aromatic rings. The number of aromatic nitrogens is 3. The van der Waals surface area contributed by atoms with Gasteiger partial charge in [0, 0.05) is 32.5 Å². The molecule has 0 bridgehead atoms. The lowest BCUT2D eigenvalue weighted by atomic mass is 10.0. The maximum atomic E-state index is 5.24. The van der Waals surface area contributed by atoms with Gasteiger partial charge in [-0.1, -0.05) is 91.0 Å². The van der Waals surface area contributed by atoms with Gasteiger partial charge in [-0.05, 0) is 18.2 Å². The van der Waals surface area contributed by atoms with E-state index in [9.17, 15) is 0 Å². The van der Waals surface area contributed by atoms with E-state index in [1.807, 2.05) is 12.1 Å². The normalized spacial score (nSPS) is 12.9. The molecule has 0 saturated carbocycles. The summed E-state index contributed by atoms with van der Waals surface area (Å²) in [6.45, 7) is 0. The Hall–Kier alpha value is -4.96. The molecule has 0 amide bonds. The van der Waals surface area contributed by atoms with E-state index in [1.165, 1.54) is 38.1 Å². The Morgan fingerprint density at radius 3 is 1.69 bits per heavy atom. The zero-order valence-corrected chi connectivity index (χ0v) is 19.2. The van der Waals surface area contributed by atoms with Crippen molar-refractivity contribution in [1.29, 1.82) is 0 Å². The van der Waals surface area contributed by atoms with Crippen molar-refractivity contribution in [3.8, 4) is 11.3 Å². The van der Waals surface area contributed by atoms with Crippen LogP contribution in [0.1, 0.15) is 0 Å². The summed E-state index contributed by atoms with van der Waals surface area (Å²) < 4.78 is 2.45. The summed E-state index contributed by atoms with van der Waals surface area (Å²) in [5.74, 6) is 0.689. The highest BCUT2D eigenvalue weighted by Crippen LogP contribution is 2.51. The van der Waals surface area contributed by atoms with Crippen LogP contribution in [0.3, 0.4) is 0 Å². The molecular formula is C32H18N4. The van der Waals surface area contributed by atoms with Crippen molar-refractivity contribution in [2.45, 2.75) is 0 Å². The van der Waals surface area contributed by atoms with E-state index in [1.54, 1.807) is 0 Å². The van der Waals surface area contributed by atoms with Gasteiger partial charge in [0.1, 0.15) is 0 Å². The molecule has 5 aromatic carbocycles. The third kappa shape index (κ3) is 2.11. The van der Waals surface area contributed by atoms with Gasteiger partial charge >= 0.3 is 0 Å². The molecule has 36 heavy (non-hydrogen) atoms. The average molecular weight is 459 g/mol. The Kier molecular flexibility index (Phi) is 3.25. The number of benzene rings is 5. The molecule has 0 unspecified atom stereocenters. The molecule has 9 rings (SSSR count). The minimum Gasteiger partial charge on any atom is -0.304 e. The number of anilines is 3. The quantitative estimate of drug-likeness (QED) is 0.262. The Morgan fingerprint density at radius 2 is 1.00 bits per heavy atom. The van der Waals surface area contributed by atoms with Crippen LogP contribution >= 0.6 is 0 Å². The largest absolute Gasteiger partial charge is 0.304 e. The van der Waals surface area contributed by atoms with Crippen LogP contribution in [0.4, 0.5) is 17.3 Å². The van der Waals surface area contributed by atoms with Gasteiger partial charge < -0.3 is 4.40 Å². The molecule has 4 heterocycles. The van der Waals surface area contributed by atoms with Gasteiger partial charge in [-0.15, -0.1) is 0 Å². The van der Waals surface area contributed by atoms with E-state index in [-0.39, 0.29) is 0 Å². The summed E-state index contributed by atoms with van der Waals surface area (Å²) >= 11 is 0. The smallest absolute Gasteiger partial charge is 0.235 e. The lowest BCUT2D eigenvalue weighted by Crippen LogP contribution is -2.17. The lowest BCUT2D eigenvalue weighted by Gasteiger charge is -2.28. The van der Waals surface area contributed by atoms with Gasteiger partial charge in [-0.25, -0.2) is 9.97 Å². The van der Waals surface area contributed by atoms with E-state index < -0.39 is 0 Å². The summed E-state index contributed by atoms with van der Waals surface area (Å²) in [4.78, 5) is 12.6. The molecule has 0 atom stereocenters. The van der Waals surface area contributed by atoms with Crippen LogP contribution in [0.2, 0.25) is 0 Å². The lowest BCUT2D eigenvalue weighted by molar-refractivity contribution is 1.10. The van der Waals surface area contributed by atoms with E-state index in [2.05, 4.69) is 106 Å². The van der Waals surface area contributed by atoms with Crippen LogP contribution in [0.25, 0.3) is 60.3 Å². The topological polar surface area (TPSA) is 33.4 Å². The molecule has 0 fully saturated rings. The fraction of sp³-hybridized carbons (Fsp3) is 0. The van der Waals surface area contributed by atoms with Gasteiger partial charge in [0.2, 0.25) is 5.95 Å². The Bertz CT molecular complexity index is 2070. The fourth-order valence-corrected chi connectivity index (χ4v) is 6.21. The third-order valence-electron chi connectivity index (χ3n) is 7.64. The molecule has 4 nitrogen and oxygen atoms in total. The third-order valence-corrected chi connectivity index (χ3v) is 7.64. The molecule has 3 aromatic heterocycles. The summed E-state index contributed by atoms with van der Waals surface area (Å²) in [5.41, 5.74) is 8.92. The van der Waals surface area contributed by atoms with Gasteiger partial charge in [0.25, 0.3) is 0 Å². The first-order valence-corrected chi connectivity index (χ1v) is 12.2. The molecule has 1 aliphatic heterocycles. The second kappa shape index (κ2) is 6.37. The van der Waals surface area contributed by atoms with Crippen LogP contribution in [0, 0.1) is 0 Å². The number of hydrogen-bond donors (Lipinski definition) is 0. The van der Waals surface area contributed by atoms with E-state index in [0.29, 0.717) is 5.95 Å². The highest BCUT2D eigenvalue weighted by Gasteiger charge is 2.31. The van der Waals surface area contributed by atoms with Crippen LogP contribution in [-0.2, 0) is 0 Å². The standard InChI is InChI=1S/C32H18N4/c1-2-9-19(10-3-1)28-24-11-4-5-16-25(24)33-32(34-28)35-26-17-7-14-22-20-12-6-13-21-23-15-8-18-27(35)31(23)36(29(20)21)30(22)26/h1-18H. The van der Waals surface area contributed by atoms with Gasteiger partial charge in [-0.3, -0.25) is 4.90 Å². The van der Waals surface area contributed by atoms with Crippen molar-refractivity contribution in [3.63, 3.8) is 0 Å². The van der Waals surface area contributed by atoms with Crippen molar-refractivity contribution in [3.05, 3.63) is 109 Å². The number of nitrogens with zero attached hydrogens (tertiary/aromatic N) is 4. The Labute approximate surface area is 206 Å². The highest BCUT2D eigenvalue weighted by atomic mass is 15.3. The van der Waals surface area contributed by atoms with Crippen LogP contribution < -0.4 is 4.90 Å². The van der Waals surface area contributed by atoms with E-state index in [4.69, 9.17) is 9.97 Å². The molecule has 4 heteroatoms. The molecule has 1 aliphatic rings. The summed E-state index contributed by atoms with van der Waals surface area (Å²) in [5, 5.41) is 6.16. The molecule has 166 valence electrons. The minimum atomic E-state index is 0.689. The van der Waals surface area contributed by atoms with E-state index in [0.717, 1.165) is 33.5 Å². The molecule has 0 saturated heterocycles. The summed E-state index contributed by atoms with van der Waals surface area (Å²) in [7, 11) is 0. The number of rotatable bonds is 2. The monoisotopic (exact) mass is 458 g/mol.